The van der Waals surface area contributed by atoms with Gasteiger partial charge in [0.05, 0.1) is 0 Å². The van der Waals surface area contributed by atoms with Crippen LogP contribution in [0.2, 0.25) is 0 Å². The smallest absolute Gasteiger partial charge is 0.225 e. The van der Waals surface area contributed by atoms with Crippen molar-refractivity contribution in [1.82, 2.24) is 19.8 Å². The van der Waals surface area contributed by atoms with Gasteiger partial charge < -0.3 is 4.90 Å². The molecule has 0 bridgehead atoms. The van der Waals surface area contributed by atoms with Crippen molar-refractivity contribution in [2.45, 2.75) is 106 Å². The lowest BCUT2D eigenvalue weighted by atomic mass is 9.56. The van der Waals surface area contributed by atoms with Crippen LogP contribution in [0.15, 0.2) is 12.4 Å². The molecule has 6 nitrogen and oxygen atoms in total. The molecule has 1 spiro atoms. The minimum Gasteiger partial charge on any atom is -0.332 e. The van der Waals surface area contributed by atoms with Crippen LogP contribution in [0.5, 0.6) is 0 Å². The summed E-state index contributed by atoms with van der Waals surface area (Å²) >= 11 is 0. The summed E-state index contributed by atoms with van der Waals surface area (Å²) in [6.07, 6.45) is 11.1. The van der Waals surface area contributed by atoms with Gasteiger partial charge in [0.15, 0.2) is 0 Å². The van der Waals surface area contributed by atoms with E-state index in [-0.39, 0.29) is 5.92 Å². The normalized spacial score (nSPS) is 25.3. The number of hydrogen-bond donors (Lipinski definition) is 0. The largest absolute Gasteiger partial charge is 0.332 e. The fourth-order valence-electron chi connectivity index (χ4n) is 6.45. The van der Waals surface area contributed by atoms with Crippen LogP contribution in [-0.2, 0) is 11.3 Å². The third-order valence-electron chi connectivity index (χ3n) is 8.69. The van der Waals surface area contributed by atoms with E-state index in [1.165, 1.54) is 18.4 Å². The molecule has 2 aliphatic heterocycles. The summed E-state index contributed by atoms with van der Waals surface area (Å²) in [5, 5.41) is 0. The topological polar surface area (TPSA) is 52.6 Å². The Hall–Kier alpha value is -1.53. The number of piperidine rings is 1. The van der Waals surface area contributed by atoms with Crippen LogP contribution in [0, 0.1) is 17.3 Å². The molecule has 35 heavy (non-hydrogen) atoms. The molecule has 0 aromatic carbocycles. The highest BCUT2D eigenvalue weighted by Gasteiger charge is 2.48. The van der Waals surface area contributed by atoms with E-state index in [1.807, 2.05) is 27.7 Å². The van der Waals surface area contributed by atoms with Gasteiger partial charge in [0, 0.05) is 61.5 Å². The Balaban J connectivity index is 0.00000167. The number of carbonyl (C=O) groups is 1. The number of carbonyl (C=O) groups excluding carboxylic acids is 1. The van der Waals surface area contributed by atoms with E-state index in [2.05, 4.69) is 47.9 Å². The Bertz CT molecular complexity index is 765. The van der Waals surface area contributed by atoms with Crippen molar-refractivity contribution in [3.8, 4) is 0 Å². The first-order chi connectivity index (χ1) is 16.9. The van der Waals surface area contributed by atoms with Crippen molar-refractivity contribution in [3.05, 3.63) is 18.0 Å². The quantitative estimate of drug-likeness (QED) is 0.490. The highest BCUT2D eigenvalue weighted by Crippen LogP contribution is 2.53. The van der Waals surface area contributed by atoms with Crippen LogP contribution < -0.4 is 4.90 Å². The number of hydrogen-bond acceptors (Lipinski definition) is 6. The summed E-state index contributed by atoms with van der Waals surface area (Å²) in [7, 11) is 0. The standard InChI is InChI=1S/C27H45N5O.C2H6/c1-6-23-18-30(8-3)19-24(7-2)32(23)26-28-15-21(16-29-26)17-31-11-9-27(10-12-31)13-22(14-27)25(33)20(4)5;1-2/h15-16,20,22-24H,6-14,17-19H2,1-5H3;1-2H3. The minimum atomic E-state index is 0.186. The highest BCUT2D eigenvalue weighted by atomic mass is 16.1. The van der Waals surface area contributed by atoms with Crippen molar-refractivity contribution in [3.63, 3.8) is 0 Å². The molecule has 3 fully saturated rings. The predicted molar refractivity (Wildman–Crippen MR) is 146 cm³/mol. The molecule has 3 heterocycles. The lowest BCUT2D eigenvalue weighted by Gasteiger charge is -2.52. The number of Topliss-reactive ketones (excluding diaryl/α,β-unsaturated/α-hetero) is 1. The Labute approximate surface area is 214 Å². The van der Waals surface area contributed by atoms with Gasteiger partial charge in [0.25, 0.3) is 0 Å². The van der Waals surface area contributed by atoms with Crippen LogP contribution in [0.4, 0.5) is 5.95 Å². The molecule has 2 atom stereocenters. The number of aromatic nitrogens is 2. The summed E-state index contributed by atoms with van der Waals surface area (Å²) in [6.45, 7) is 21.4. The molecule has 1 aliphatic carbocycles. The molecular weight excluding hydrogens is 434 g/mol. The molecule has 2 saturated heterocycles. The maximum absolute atomic E-state index is 12.3. The third kappa shape index (κ3) is 6.43. The van der Waals surface area contributed by atoms with Crippen LogP contribution in [-0.4, -0.2) is 70.4 Å². The Morgan fingerprint density at radius 1 is 0.971 bits per heavy atom. The van der Waals surface area contributed by atoms with Crippen molar-refractivity contribution in [2.75, 3.05) is 37.6 Å². The molecule has 1 aromatic heterocycles. The minimum absolute atomic E-state index is 0.186. The second kappa shape index (κ2) is 12.6. The maximum atomic E-state index is 12.3. The van der Waals surface area contributed by atoms with Gasteiger partial charge in [-0.1, -0.05) is 48.5 Å². The maximum Gasteiger partial charge on any atom is 0.225 e. The highest BCUT2D eigenvalue weighted by molar-refractivity contribution is 5.83. The number of ketones is 1. The zero-order valence-electron chi connectivity index (χ0n) is 23.6. The summed E-state index contributed by atoms with van der Waals surface area (Å²) in [5.74, 6) is 1.90. The number of nitrogens with zero attached hydrogens (tertiary/aromatic N) is 5. The van der Waals surface area contributed by atoms with Crippen molar-refractivity contribution in [1.29, 1.82) is 0 Å². The second-order valence-corrected chi connectivity index (χ2v) is 11.2. The molecule has 2 unspecified atom stereocenters. The monoisotopic (exact) mass is 485 g/mol. The molecule has 0 N–H and O–H groups in total. The van der Waals surface area contributed by atoms with Crippen molar-refractivity contribution < 1.29 is 4.79 Å². The van der Waals surface area contributed by atoms with Crippen LogP contribution in [0.1, 0.15) is 92.6 Å². The summed E-state index contributed by atoms with van der Waals surface area (Å²) < 4.78 is 0. The summed E-state index contributed by atoms with van der Waals surface area (Å²) in [6, 6.07) is 0.975. The van der Waals surface area contributed by atoms with E-state index in [9.17, 15) is 4.79 Å². The van der Waals surface area contributed by atoms with Crippen LogP contribution >= 0.6 is 0 Å². The molecule has 198 valence electrons. The molecule has 0 amide bonds. The fourth-order valence-corrected chi connectivity index (χ4v) is 6.45. The number of piperazine rings is 1. The van der Waals surface area contributed by atoms with Gasteiger partial charge >= 0.3 is 0 Å². The lowest BCUT2D eigenvalue weighted by Crippen LogP contribution is -2.59. The molecule has 4 rings (SSSR count). The Morgan fingerprint density at radius 2 is 1.51 bits per heavy atom. The summed E-state index contributed by atoms with van der Waals surface area (Å²) in [4.78, 5) is 29.6. The average Bonchev–Trinajstić information content (AvgIpc) is 2.88. The van der Waals surface area contributed by atoms with Crippen molar-refractivity contribution >= 4 is 11.7 Å². The lowest BCUT2D eigenvalue weighted by molar-refractivity contribution is -0.135. The first-order valence-electron chi connectivity index (χ1n) is 14.5. The van der Waals surface area contributed by atoms with Crippen molar-refractivity contribution in [2.24, 2.45) is 17.3 Å². The SMILES string of the molecule is CC.CCC1CN(CC)CC(CC)N1c1ncc(CN2CCC3(CC2)CC(C(=O)C(C)C)C3)cn1. The fraction of sp³-hybridized carbons (Fsp3) is 0.828. The molecule has 6 heteroatoms. The average molecular weight is 486 g/mol. The van der Waals surface area contributed by atoms with Gasteiger partial charge in [-0.15, -0.1) is 0 Å². The summed E-state index contributed by atoms with van der Waals surface area (Å²) in [5.41, 5.74) is 1.65. The van der Waals surface area contributed by atoms with E-state index >= 15 is 0 Å². The third-order valence-corrected chi connectivity index (χ3v) is 8.69. The van der Waals surface area contributed by atoms with Gasteiger partial charge in [0.1, 0.15) is 5.78 Å². The number of anilines is 1. The number of likely N-dealkylation sites (N-methyl/N-ethyl adjacent to an activating group) is 1. The molecule has 3 aliphatic rings. The van der Waals surface area contributed by atoms with E-state index in [0.29, 0.717) is 29.2 Å². The second-order valence-electron chi connectivity index (χ2n) is 11.2. The van der Waals surface area contributed by atoms with Crippen LogP contribution in [0.25, 0.3) is 0 Å². The molecule has 0 radical (unpaired) electrons. The number of rotatable bonds is 8. The first kappa shape index (κ1) is 28.0. The molecule has 1 saturated carbocycles. The van der Waals surface area contributed by atoms with E-state index in [4.69, 9.17) is 9.97 Å². The Kier molecular flexibility index (Phi) is 10.1. The predicted octanol–water partition coefficient (Wildman–Crippen LogP) is 5.42. The Morgan fingerprint density at radius 3 is 1.97 bits per heavy atom. The molecular formula is C29H51N5O. The van der Waals surface area contributed by atoms with E-state index < -0.39 is 0 Å². The molecule has 1 aromatic rings. The van der Waals surface area contributed by atoms with E-state index in [1.54, 1.807) is 0 Å². The van der Waals surface area contributed by atoms with Crippen LogP contribution in [0.3, 0.4) is 0 Å². The first-order valence-corrected chi connectivity index (χ1v) is 14.5. The van der Waals surface area contributed by atoms with Gasteiger partial charge in [0.2, 0.25) is 5.95 Å². The van der Waals surface area contributed by atoms with E-state index in [0.717, 1.165) is 70.9 Å². The zero-order chi connectivity index (χ0) is 25.6. The van der Waals surface area contributed by atoms with Gasteiger partial charge in [-0.3, -0.25) is 14.6 Å². The number of likely N-dealkylation sites (tertiary alicyclic amines) is 1. The van der Waals surface area contributed by atoms with Gasteiger partial charge in [-0.05, 0) is 63.6 Å². The van der Waals surface area contributed by atoms with Gasteiger partial charge in [-0.2, -0.15) is 0 Å². The van der Waals surface area contributed by atoms with Gasteiger partial charge in [-0.25, -0.2) is 9.97 Å². The zero-order valence-corrected chi connectivity index (χ0v) is 23.6.